The average Bonchev–Trinajstić information content (AvgIpc) is 3.04. The third-order valence-corrected chi connectivity index (χ3v) is 4.24. The Bertz CT molecular complexity index is 979. The number of ether oxygens (including phenoxy) is 1. The second-order valence-electron chi connectivity index (χ2n) is 5.44. The van der Waals surface area contributed by atoms with Crippen LogP contribution >= 0.6 is 15.9 Å². The van der Waals surface area contributed by atoms with E-state index >= 15 is 0 Å². The van der Waals surface area contributed by atoms with Crippen LogP contribution in [0, 0.1) is 0 Å². The number of carbonyl (C=O) groups excluding carboxylic acids is 1. The van der Waals surface area contributed by atoms with Crippen molar-refractivity contribution in [1.82, 2.24) is 10.4 Å². The molecule has 1 aromatic heterocycles. The van der Waals surface area contributed by atoms with E-state index in [0.29, 0.717) is 10.2 Å². The van der Waals surface area contributed by atoms with E-state index in [-0.39, 0.29) is 11.3 Å². The molecule has 0 saturated carbocycles. The van der Waals surface area contributed by atoms with Gasteiger partial charge in [0.1, 0.15) is 11.5 Å². The number of fused-ring (bicyclic) bond motifs is 1. The molecule has 25 heavy (non-hydrogen) atoms. The van der Waals surface area contributed by atoms with Crippen LogP contribution in [-0.2, 0) is 0 Å². The molecule has 0 fully saturated rings. The van der Waals surface area contributed by atoms with Crippen LogP contribution in [0.15, 0.2) is 52.0 Å². The molecule has 3 aromatic rings. The highest BCUT2D eigenvalue weighted by Crippen LogP contribution is 2.23. The van der Waals surface area contributed by atoms with Gasteiger partial charge in [-0.2, -0.15) is 5.10 Å². The summed E-state index contributed by atoms with van der Waals surface area (Å²) < 4.78 is 5.91. The van der Waals surface area contributed by atoms with Gasteiger partial charge in [0.05, 0.1) is 24.1 Å². The first-order valence-electron chi connectivity index (χ1n) is 7.48. The Kier molecular flexibility index (Phi) is 4.76. The van der Waals surface area contributed by atoms with Crippen molar-refractivity contribution in [3.8, 4) is 11.5 Å². The van der Waals surface area contributed by atoms with Crippen molar-refractivity contribution in [2.24, 2.45) is 5.10 Å². The molecule has 7 heteroatoms. The van der Waals surface area contributed by atoms with E-state index in [0.717, 1.165) is 22.3 Å². The molecule has 3 rings (SSSR count). The van der Waals surface area contributed by atoms with Crippen LogP contribution < -0.4 is 10.2 Å². The number of methoxy groups -OCH3 is 1. The van der Waals surface area contributed by atoms with Gasteiger partial charge in [0.25, 0.3) is 5.91 Å². The first-order valence-corrected chi connectivity index (χ1v) is 8.27. The quantitative estimate of drug-likeness (QED) is 0.458. The van der Waals surface area contributed by atoms with Gasteiger partial charge in [0, 0.05) is 15.4 Å². The lowest BCUT2D eigenvalue weighted by Crippen LogP contribution is -2.19. The summed E-state index contributed by atoms with van der Waals surface area (Å²) in [4.78, 5) is 15.4. The molecule has 1 amide bonds. The predicted molar refractivity (Wildman–Crippen MR) is 100 cm³/mol. The van der Waals surface area contributed by atoms with Gasteiger partial charge in [-0.1, -0.05) is 15.9 Å². The Labute approximate surface area is 152 Å². The predicted octanol–water partition coefficient (Wildman–Crippen LogP) is 3.80. The number of halogens is 1. The molecular formula is C18H16BrN3O3. The lowest BCUT2D eigenvalue weighted by Gasteiger charge is -2.04. The van der Waals surface area contributed by atoms with Gasteiger partial charge in [-0.05, 0) is 49.4 Å². The summed E-state index contributed by atoms with van der Waals surface area (Å²) in [5, 5.41) is 14.9. The summed E-state index contributed by atoms with van der Waals surface area (Å²) in [6.45, 7) is 1.78. The van der Waals surface area contributed by atoms with Gasteiger partial charge < -0.3 is 14.8 Å². The minimum atomic E-state index is -0.490. The van der Waals surface area contributed by atoms with Crippen molar-refractivity contribution in [3.05, 3.63) is 58.2 Å². The van der Waals surface area contributed by atoms with Crippen LogP contribution in [0.25, 0.3) is 10.9 Å². The van der Waals surface area contributed by atoms with E-state index in [1.807, 2.05) is 24.3 Å². The molecule has 2 aromatic carbocycles. The molecule has 0 aliphatic rings. The molecule has 128 valence electrons. The molecule has 6 nitrogen and oxygen atoms in total. The van der Waals surface area contributed by atoms with Crippen LogP contribution in [0.5, 0.6) is 11.5 Å². The third-order valence-electron chi connectivity index (χ3n) is 3.75. The number of amides is 1. The Morgan fingerprint density at radius 3 is 2.80 bits per heavy atom. The number of aromatic hydroxyl groups is 1. The highest BCUT2D eigenvalue weighted by atomic mass is 79.9. The van der Waals surface area contributed by atoms with Crippen LogP contribution in [-0.4, -0.2) is 28.8 Å². The molecule has 0 atom stereocenters. The average molecular weight is 402 g/mol. The number of hydrogen-bond acceptors (Lipinski definition) is 4. The number of benzene rings is 2. The first-order chi connectivity index (χ1) is 12.0. The summed E-state index contributed by atoms with van der Waals surface area (Å²) in [7, 11) is 1.62. The highest BCUT2D eigenvalue weighted by molar-refractivity contribution is 9.10. The number of hydrogen-bond donors (Lipinski definition) is 3. The monoisotopic (exact) mass is 401 g/mol. The lowest BCUT2D eigenvalue weighted by atomic mass is 10.2. The van der Waals surface area contributed by atoms with Crippen molar-refractivity contribution >= 4 is 38.5 Å². The SMILES string of the molecule is COc1ccc2[nH]c(/C(C)=N/NC(=O)c3cc(Br)ccc3O)cc2c1. The summed E-state index contributed by atoms with van der Waals surface area (Å²) in [5.74, 6) is 0.174. The van der Waals surface area contributed by atoms with E-state index < -0.39 is 5.91 Å². The standard InChI is InChI=1S/C18H16BrN3O3/c1-10(16-8-11-7-13(25-2)4-5-15(11)20-16)21-22-18(24)14-9-12(19)3-6-17(14)23/h3-9,20,23H,1-2H3,(H,22,24)/b21-10+. The maximum atomic E-state index is 12.2. The Morgan fingerprint density at radius 2 is 2.04 bits per heavy atom. The second kappa shape index (κ2) is 6.98. The van der Waals surface area contributed by atoms with Gasteiger partial charge in [0.2, 0.25) is 0 Å². The van der Waals surface area contributed by atoms with Crippen LogP contribution in [0.1, 0.15) is 23.0 Å². The zero-order valence-electron chi connectivity index (χ0n) is 13.6. The molecule has 1 heterocycles. The summed E-state index contributed by atoms with van der Waals surface area (Å²) >= 11 is 3.27. The van der Waals surface area contributed by atoms with Gasteiger partial charge >= 0.3 is 0 Å². The van der Waals surface area contributed by atoms with Gasteiger partial charge in [-0.3, -0.25) is 4.79 Å². The van der Waals surface area contributed by atoms with Crippen molar-refractivity contribution < 1.29 is 14.6 Å². The largest absolute Gasteiger partial charge is 0.507 e. The number of nitrogens with zero attached hydrogens (tertiary/aromatic N) is 1. The molecule has 0 aliphatic carbocycles. The Hall–Kier alpha value is -2.80. The molecule has 0 unspecified atom stereocenters. The molecular weight excluding hydrogens is 386 g/mol. The normalized spacial score (nSPS) is 11.6. The number of aromatic amines is 1. The minimum absolute atomic E-state index is 0.105. The summed E-state index contributed by atoms with van der Waals surface area (Å²) in [6.07, 6.45) is 0. The molecule has 3 N–H and O–H groups in total. The molecule has 0 bridgehead atoms. The van der Waals surface area contributed by atoms with Crippen LogP contribution in [0.2, 0.25) is 0 Å². The van der Waals surface area contributed by atoms with Crippen molar-refractivity contribution in [2.45, 2.75) is 6.92 Å². The van der Waals surface area contributed by atoms with E-state index in [4.69, 9.17) is 4.74 Å². The van der Waals surface area contributed by atoms with Crippen molar-refractivity contribution in [3.63, 3.8) is 0 Å². The third kappa shape index (κ3) is 3.66. The van der Waals surface area contributed by atoms with Crippen molar-refractivity contribution in [1.29, 1.82) is 0 Å². The second-order valence-corrected chi connectivity index (χ2v) is 6.35. The maximum Gasteiger partial charge on any atom is 0.275 e. The number of carbonyl (C=O) groups is 1. The summed E-state index contributed by atoms with van der Waals surface area (Å²) in [6, 6.07) is 12.3. The molecule has 0 spiro atoms. The fourth-order valence-corrected chi connectivity index (χ4v) is 2.74. The number of H-pyrrole nitrogens is 1. The van der Waals surface area contributed by atoms with Crippen LogP contribution in [0.4, 0.5) is 0 Å². The zero-order chi connectivity index (χ0) is 18.0. The van der Waals surface area contributed by atoms with Gasteiger partial charge in [-0.25, -0.2) is 5.43 Å². The first kappa shape index (κ1) is 17.0. The number of hydrazone groups is 1. The maximum absolute atomic E-state index is 12.2. The smallest absolute Gasteiger partial charge is 0.275 e. The number of nitrogens with one attached hydrogen (secondary N) is 2. The zero-order valence-corrected chi connectivity index (χ0v) is 15.2. The van der Waals surface area contributed by atoms with Crippen LogP contribution in [0.3, 0.4) is 0 Å². The minimum Gasteiger partial charge on any atom is -0.507 e. The molecule has 0 radical (unpaired) electrons. The van der Waals surface area contributed by atoms with E-state index in [2.05, 4.69) is 31.4 Å². The van der Waals surface area contributed by atoms with E-state index in [1.165, 1.54) is 12.1 Å². The number of phenolic OH excluding ortho intramolecular Hbond substituents is 1. The Balaban J connectivity index is 1.81. The fraction of sp³-hybridized carbons (Fsp3) is 0.111. The van der Waals surface area contributed by atoms with Gasteiger partial charge in [-0.15, -0.1) is 0 Å². The van der Waals surface area contributed by atoms with E-state index in [1.54, 1.807) is 20.1 Å². The topological polar surface area (TPSA) is 86.7 Å². The van der Waals surface area contributed by atoms with Crippen molar-refractivity contribution in [2.75, 3.05) is 7.11 Å². The number of rotatable bonds is 4. The molecule has 0 saturated heterocycles. The number of phenols is 1. The van der Waals surface area contributed by atoms with E-state index in [9.17, 15) is 9.90 Å². The van der Waals surface area contributed by atoms with Gasteiger partial charge in [0.15, 0.2) is 0 Å². The fourth-order valence-electron chi connectivity index (χ4n) is 2.38. The molecule has 0 aliphatic heterocycles. The number of aromatic nitrogens is 1. The Morgan fingerprint density at radius 1 is 1.24 bits per heavy atom. The summed E-state index contributed by atoms with van der Waals surface area (Å²) in [5.41, 5.74) is 4.94. The highest BCUT2D eigenvalue weighted by Gasteiger charge is 2.12. The lowest BCUT2D eigenvalue weighted by molar-refractivity contribution is 0.0952.